The highest BCUT2D eigenvalue weighted by Gasteiger charge is 2.27. The van der Waals surface area contributed by atoms with Crippen molar-refractivity contribution in [1.82, 2.24) is 0 Å². The first-order chi connectivity index (χ1) is 7.36. The molecule has 1 aromatic rings. The summed E-state index contributed by atoms with van der Waals surface area (Å²) in [5.41, 5.74) is 2.71. The van der Waals surface area contributed by atoms with E-state index in [-0.39, 0.29) is 0 Å². The van der Waals surface area contributed by atoms with Crippen molar-refractivity contribution in [3.63, 3.8) is 0 Å². The highest BCUT2D eigenvalue weighted by atomic mass is 16.1. The van der Waals surface area contributed by atoms with Gasteiger partial charge in [0, 0.05) is 24.7 Å². The predicted molar refractivity (Wildman–Crippen MR) is 62.3 cm³/mol. The number of hydrogen-bond acceptors (Lipinski definition) is 2. The van der Waals surface area contributed by atoms with Gasteiger partial charge in [-0.2, -0.15) is 0 Å². The second kappa shape index (κ2) is 4.47. The Morgan fingerprint density at radius 2 is 2.27 bits per heavy atom. The highest BCUT2D eigenvalue weighted by molar-refractivity contribution is 5.62. The summed E-state index contributed by atoms with van der Waals surface area (Å²) in [6, 6.07) is 8.87. The van der Waals surface area contributed by atoms with Crippen LogP contribution in [-0.2, 0) is 11.2 Å². The normalized spacial score (nSPS) is 19.0. The number of aldehydes is 1. The third-order valence-corrected chi connectivity index (χ3v) is 3.03. The average molecular weight is 203 g/mol. The fourth-order valence-corrected chi connectivity index (χ4v) is 2.39. The zero-order valence-corrected chi connectivity index (χ0v) is 9.15. The standard InChI is InChI=1S/C13H17NO/c1-2-8-14-12(7-9-15)10-11-5-3-4-6-13(11)14/h3-6,9,12H,2,7-8,10H2,1H3. The molecule has 2 nitrogen and oxygen atoms in total. The zero-order valence-electron chi connectivity index (χ0n) is 9.15. The number of benzene rings is 1. The lowest BCUT2D eigenvalue weighted by Crippen LogP contribution is -2.32. The van der Waals surface area contributed by atoms with E-state index in [1.54, 1.807) is 0 Å². The van der Waals surface area contributed by atoms with E-state index >= 15 is 0 Å². The smallest absolute Gasteiger partial charge is 0.122 e. The van der Waals surface area contributed by atoms with Crippen molar-refractivity contribution in [3.8, 4) is 0 Å². The third-order valence-electron chi connectivity index (χ3n) is 3.03. The van der Waals surface area contributed by atoms with Gasteiger partial charge in [-0.25, -0.2) is 0 Å². The molecule has 0 radical (unpaired) electrons. The van der Waals surface area contributed by atoms with E-state index in [4.69, 9.17) is 0 Å². The molecule has 0 fully saturated rings. The van der Waals surface area contributed by atoms with Gasteiger partial charge in [0.05, 0.1) is 0 Å². The number of carbonyl (C=O) groups excluding carboxylic acids is 1. The second-order valence-electron chi connectivity index (χ2n) is 4.08. The van der Waals surface area contributed by atoms with Crippen LogP contribution in [0.5, 0.6) is 0 Å². The maximum Gasteiger partial charge on any atom is 0.122 e. The van der Waals surface area contributed by atoms with E-state index in [0.717, 1.165) is 25.7 Å². The van der Waals surface area contributed by atoms with Gasteiger partial charge in [-0.05, 0) is 24.5 Å². The van der Waals surface area contributed by atoms with Gasteiger partial charge in [-0.3, -0.25) is 0 Å². The molecular formula is C13H17NO. The Kier molecular flexibility index (Phi) is 3.05. The Morgan fingerprint density at radius 1 is 1.47 bits per heavy atom. The molecule has 0 bridgehead atoms. The van der Waals surface area contributed by atoms with Crippen LogP contribution in [0.4, 0.5) is 5.69 Å². The summed E-state index contributed by atoms with van der Waals surface area (Å²) in [6.07, 6.45) is 3.84. The van der Waals surface area contributed by atoms with Gasteiger partial charge in [0.25, 0.3) is 0 Å². The molecule has 2 heteroatoms. The molecular weight excluding hydrogens is 186 g/mol. The van der Waals surface area contributed by atoms with Gasteiger partial charge < -0.3 is 9.69 Å². The van der Waals surface area contributed by atoms with Gasteiger partial charge in [0.1, 0.15) is 6.29 Å². The molecule has 1 aliphatic rings. The summed E-state index contributed by atoms with van der Waals surface area (Å²) in [5.74, 6) is 0. The lowest BCUT2D eigenvalue weighted by molar-refractivity contribution is -0.108. The fourth-order valence-electron chi connectivity index (χ4n) is 2.39. The monoisotopic (exact) mass is 203 g/mol. The van der Waals surface area contributed by atoms with E-state index < -0.39 is 0 Å². The molecule has 1 atom stereocenters. The molecule has 0 saturated carbocycles. The number of anilines is 1. The zero-order chi connectivity index (χ0) is 10.7. The van der Waals surface area contributed by atoms with E-state index in [9.17, 15) is 4.79 Å². The topological polar surface area (TPSA) is 20.3 Å². The summed E-state index contributed by atoms with van der Waals surface area (Å²) in [5, 5.41) is 0. The number of rotatable bonds is 4. The Bertz CT molecular complexity index is 348. The van der Waals surface area contributed by atoms with Crippen LogP contribution in [0.2, 0.25) is 0 Å². The Hall–Kier alpha value is -1.31. The lowest BCUT2D eigenvalue weighted by Gasteiger charge is -2.25. The quantitative estimate of drug-likeness (QED) is 0.700. The van der Waals surface area contributed by atoms with Crippen LogP contribution in [0.1, 0.15) is 25.3 Å². The second-order valence-corrected chi connectivity index (χ2v) is 4.08. The molecule has 0 amide bonds. The van der Waals surface area contributed by atoms with Gasteiger partial charge in [0.2, 0.25) is 0 Å². The van der Waals surface area contributed by atoms with Crippen LogP contribution in [0.15, 0.2) is 24.3 Å². The van der Waals surface area contributed by atoms with Gasteiger partial charge in [-0.1, -0.05) is 25.1 Å². The summed E-state index contributed by atoms with van der Waals surface area (Å²) in [6.45, 7) is 3.23. The maximum atomic E-state index is 10.6. The van der Waals surface area contributed by atoms with Crippen molar-refractivity contribution in [2.24, 2.45) is 0 Å². The van der Waals surface area contributed by atoms with Gasteiger partial charge in [0.15, 0.2) is 0 Å². The minimum Gasteiger partial charge on any atom is -0.368 e. The maximum absolute atomic E-state index is 10.6. The van der Waals surface area contributed by atoms with Crippen molar-refractivity contribution >= 4 is 12.0 Å². The number of hydrogen-bond donors (Lipinski definition) is 0. The largest absolute Gasteiger partial charge is 0.368 e. The van der Waals surface area contributed by atoms with Crippen molar-refractivity contribution in [2.75, 3.05) is 11.4 Å². The molecule has 1 heterocycles. The summed E-state index contributed by atoms with van der Waals surface area (Å²) >= 11 is 0. The van der Waals surface area contributed by atoms with Crippen LogP contribution in [0.25, 0.3) is 0 Å². The van der Waals surface area contributed by atoms with Crippen LogP contribution in [-0.4, -0.2) is 18.9 Å². The Balaban J connectivity index is 2.24. The molecule has 0 spiro atoms. The summed E-state index contributed by atoms with van der Waals surface area (Å²) in [4.78, 5) is 13.0. The Labute approximate surface area is 90.9 Å². The summed E-state index contributed by atoms with van der Waals surface area (Å²) < 4.78 is 0. The molecule has 0 aromatic heterocycles. The van der Waals surface area contributed by atoms with E-state index in [1.165, 1.54) is 11.3 Å². The molecule has 0 aliphatic carbocycles. The van der Waals surface area contributed by atoms with Crippen molar-refractivity contribution in [1.29, 1.82) is 0 Å². The number of para-hydroxylation sites is 1. The van der Waals surface area contributed by atoms with Crippen LogP contribution in [0.3, 0.4) is 0 Å². The third kappa shape index (κ3) is 1.89. The van der Waals surface area contributed by atoms with Crippen LogP contribution >= 0.6 is 0 Å². The van der Waals surface area contributed by atoms with E-state index in [2.05, 4.69) is 36.1 Å². The van der Waals surface area contributed by atoms with Gasteiger partial charge in [-0.15, -0.1) is 0 Å². The molecule has 15 heavy (non-hydrogen) atoms. The number of carbonyl (C=O) groups is 1. The molecule has 1 unspecified atom stereocenters. The van der Waals surface area contributed by atoms with Crippen molar-refractivity contribution in [3.05, 3.63) is 29.8 Å². The predicted octanol–water partition coefficient (Wildman–Crippen LogP) is 2.42. The lowest BCUT2D eigenvalue weighted by atomic mass is 10.1. The first-order valence-electron chi connectivity index (χ1n) is 5.65. The number of fused-ring (bicyclic) bond motifs is 1. The SMILES string of the molecule is CCCN1c2ccccc2CC1CC=O. The summed E-state index contributed by atoms with van der Waals surface area (Å²) in [7, 11) is 0. The molecule has 1 aliphatic heterocycles. The van der Waals surface area contributed by atoms with Crippen LogP contribution < -0.4 is 4.90 Å². The Morgan fingerprint density at radius 3 is 3.00 bits per heavy atom. The average Bonchev–Trinajstić information content (AvgIpc) is 2.59. The first kappa shape index (κ1) is 10.2. The molecule has 1 aromatic carbocycles. The van der Waals surface area contributed by atoms with Crippen molar-refractivity contribution in [2.45, 2.75) is 32.2 Å². The number of nitrogens with zero attached hydrogens (tertiary/aromatic N) is 1. The van der Waals surface area contributed by atoms with E-state index in [0.29, 0.717) is 12.5 Å². The minimum absolute atomic E-state index is 0.389. The molecule has 2 rings (SSSR count). The van der Waals surface area contributed by atoms with E-state index in [1.807, 2.05) is 0 Å². The van der Waals surface area contributed by atoms with Gasteiger partial charge >= 0.3 is 0 Å². The highest BCUT2D eigenvalue weighted by Crippen LogP contribution is 2.32. The van der Waals surface area contributed by atoms with Crippen molar-refractivity contribution < 1.29 is 4.79 Å². The fraction of sp³-hybridized carbons (Fsp3) is 0.462. The first-order valence-corrected chi connectivity index (χ1v) is 5.65. The molecule has 0 N–H and O–H groups in total. The molecule has 0 saturated heterocycles. The molecule has 80 valence electrons. The minimum atomic E-state index is 0.389. The van der Waals surface area contributed by atoms with Crippen LogP contribution in [0, 0.1) is 0 Å².